The summed E-state index contributed by atoms with van der Waals surface area (Å²) in [4.78, 5) is 2.42. The molecule has 0 saturated heterocycles. The molecule has 3 aliphatic carbocycles. The molecule has 2 atom stereocenters. The van der Waals surface area contributed by atoms with Gasteiger partial charge in [0.2, 0.25) is 0 Å². The van der Waals surface area contributed by atoms with Crippen LogP contribution in [0.5, 0.6) is 0 Å². The third-order valence-corrected chi connectivity index (χ3v) is 9.82. The van der Waals surface area contributed by atoms with Crippen molar-refractivity contribution < 1.29 is 0 Å². The number of hydrogen-bond donors (Lipinski definition) is 0. The second-order valence-electron chi connectivity index (χ2n) is 11.8. The summed E-state index contributed by atoms with van der Waals surface area (Å²) in [6.07, 6.45) is 10.5. The normalized spacial score (nSPS) is 17.4. The smallest absolute Gasteiger partial charge is 0.0725 e. The molecule has 1 heterocycles. The van der Waals surface area contributed by atoms with Crippen molar-refractivity contribution in [1.29, 1.82) is 0 Å². The molecule has 2 unspecified atom stereocenters. The summed E-state index contributed by atoms with van der Waals surface area (Å²) in [5.74, 6) is 0.374. The zero-order valence-corrected chi connectivity index (χ0v) is 28.4. The maximum atomic E-state index is 3.36. The van der Waals surface area contributed by atoms with Crippen molar-refractivity contribution in [3.63, 3.8) is 0 Å². The second-order valence-corrected chi connectivity index (χ2v) is 11.8. The SMILES string of the molecule is C=CC=C.CC.CC.CN1c2ccccc2C2C=C(c3ccc4c(c3)C3(c5ccccc5-c5ccccc53)c3ccccc3-4)C=CC21. The summed E-state index contributed by atoms with van der Waals surface area (Å²) in [6.45, 7) is 14.7. The number of likely N-dealkylation sites (N-methyl/N-ethyl adjacent to an activating group) is 1. The predicted molar refractivity (Wildman–Crippen MR) is 204 cm³/mol. The Hall–Kier alpha value is -5.14. The van der Waals surface area contributed by atoms with Crippen molar-refractivity contribution in [3.05, 3.63) is 192 Å². The van der Waals surface area contributed by atoms with Gasteiger partial charge in [0.05, 0.1) is 11.5 Å². The highest BCUT2D eigenvalue weighted by Gasteiger charge is 2.51. The van der Waals surface area contributed by atoms with Crippen molar-refractivity contribution >= 4 is 11.3 Å². The molecule has 47 heavy (non-hydrogen) atoms. The Morgan fingerprint density at radius 3 is 1.64 bits per heavy atom. The molecule has 0 saturated carbocycles. The van der Waals surface area contributed by atoms with E-state index < -0.39 is 0 Å². The van der Waals surface area contributed by atoms with Crippen LogP contribution < -0.4 is 4.90 Å². The van der Waals surface area contributed by atoms with Gasteiger partial charge in [-0.3, -0.25) is 0 Å². The van der Waals surface area contributed by atoms with Crippen LogP contribution in [0.25, 0.3) is 27.8 Å². The van der Waals surface area contributed by atoms with Crippen molar-refractivity contribution in [2.45, 2.75) is 45.1 Å². The molecule has 0 bridgehead atoms. The lowest BCUT2D eigenvalue weighted by Crippen LogP contribution is -2.29. The first-order valence-corrected chi connectivity index (χ1v) is 17.1. The Kier molecular flexibility index (Phi) is 9.01. The van der Waals surface area contributed by atoms with E-state index >= 15 is 0 Å². The molecule has 1 aliphatic heterocycles. The minimum absolute atomic E-state index is 0.295. The standard InChI is InChI=1S/C38H27N.C4H6.2C2H6/c1-39-36-17-9-5-13-30(36)31-22-24(19-21-37(31)39)25-18-20-29-28-12-4-8-16-34(28)38(35(29)23-25)32-14-6-2-10-26(32)27-11-3-7-15-33(27)38;1-3-4-2;2*1-2/h2-23,31,37H,1H3;3-4H,1-2H2;2*1-2H3. The van der Waals surface area contributed by atoms with Crippen LogP contribution in [0.3, 0.4) is 0 Å². The Morgan fingerprint density at radius 2 is 1.09 bits per heavy atom. The van der Waals surface area contributed by atoms with Crippen LogP contribution in [0.15, 0.2) is 159 Å². The highest BCUT2D eigenvalue weighted by Crippen LogP contribution is 2.63. The highest BCUT2D eigenvalue weighted by molar-refractivity contribution is 5.96. The quantitative estimate of drug-likeness (QED) is 0.176. The number of rotatable bonds is 2. The highest BCUT2D eigenvalue weighted by atomic mass is 15.2. The first-order valence-electron chi connectivity index (χ1n) is 17.1. The lowest BCUT2D eigenvalue weighted by molar-refractivity contribution is 0.725. The molecular formula is C46H45N. The van der Waals surface area contributed by atoms with Crippen LogP contribution in [-0.4, -0.2) is 13.1 Å². The van der Waals surface area contributed by atoms with Gasteiger partial charge >= 0.3 is 0 Å². The van der Waals surface area contributed by atoms with Gasteiger partial charge in [-0.05, 0) is 73.3 Å². The molecule has 0 aromatic heterocycles. The van der Waals surface area contributed by atoms with Gasteiger partial charge in [0.1, 0.15) is 0 Å². The summed E-state index contributed by atoms with van der Waals surface area (Å²) >= 11 is 0. The molecule has 5 aromatic rings. The number of allylic oxidation sites excluding steroid dienone is 4. The maximum absolute atomic E-state index is 3.36. The van der Waals surface area contributed by atoms with Crippen molar-refractivity contribution in [2.75, 3.05) is 11.9 Å². The topological polar surface area (TPSA) is 3.24 Å². The van der Waals surface area contributed by atoms with Gasteiger partial charge in [-0.25, -0.2) is 0 Å². The molecule has 4 aliphatic rings. The Balaban J connectivity index is 0.000000445. The van der Waals surface area contributed by atoms with E-state index in [1.54, 1.807) is 12.2 Å². The van der Waals surface area contributed by atoms with Crippen LogP contribution in [-0.2, 0) is 5.41 Å². The average Bonchev–Trinajstić information content (AvgIpc) is 3.74. The summed E-state index contributed by atoms with van der Waals surface area (Å²) in [7, 11) is 2.22. The molecule has 1 nitrogen and oxygen atoms in total. The number of para-hydroxylation sites is 1. The minimum atomic E-state index is -0.295. The fraction of sp³-hybridized carbons (Fsp3) is 0.174. The summed E-state index contributed by atoms with van der Waals surface area (Å²) in [6, 6.07) is 43.6. The van der Waals surface area contributed by atoms with E-state index in [1.807, 2.05) is 27.7 Å². The molecule has 0 fully saturated rings. The van der Waals surface area contributed by atoms with E-state index in [4.69, 9.17) is 0 Å². The van der Waals surface area contributed by atoms with Crippen LogP contribution in [0, 0.1) is 0 Å². The van der Waals surface area contributed by atoms with E-state index in [-0.39, 0.29) is 5.41 Å². The van der Waals surface area contributed by atoms with Crippen molar-refractivity contribution in [3.8, 4) is 22.3 Å². The zero-order chi connectivity index (χ0) is 33.1. The molecule has 0 radical (unpaired) electrons. The first-order chi connectivity index (χ1) is 23.2. The third kappa shape index (κ3) is 4.76. The van der Waals surface area contributed by atoms with Crippen molar-refractivity contribution in [2.24, 2.45) is 0 Å². The number of benzene rings is 5. The van der Waals surface area contributed by atoms with Gasteiger partial charge < -0.3 is 4.90 Å². The molecular weight excluding hydrogens is 567 g/mol. The molecule has 1 spiro atoms. The zero-order valence-electron chi connectivity index (χ0n) is 28.4. The summed E-state index contributed by atoms with van der Waals surface area (Å²) in [5.41, 5.74) is 16.1. The van der Waals surface area contributed by atoms with E-state index in [0.29, 0.717) is 12.0 Å². The number of hydrogen-bond acceptors (Lipinski definition) is 1. The molecule has 234 valence electrons. The fourth-order valence-corrected chi connectivity index (χ4v) is 8.03. The van der Waals surface area contributed by atoms with Gasteiger partial charge in [-0.15, -0.1) is 0 Å². The third-order valence-electron chi connectivity index (χ3n) is 9.82. The lowest BCUT2D eigenvalue weighted by Gasteiger charge is -2.31. The van der Waals surface area contributed by atoms with E-state index in [1.165, 1.54) is 66.9 Å². The molecule has 1 heteroatoms. The van der Waals surface area contributed by atoms with Crippen LogP contribution >= 0.6 is 0 Å². The van der Waals surface area contributed by atoms with Gasteiger partial charge in [0.15, 0.2) is 0 Å². The van der Waals surface area contributed by atoms with E-state index in [9.17, 15) is 0 Å². The van der Waals surface area contributed by atoms with Gasteiger partial charge in [0.25, 0.3) is 0 Å². The molecule has 5 aromatic carbocycles. The summed E-state index contributed by atoms with van der Waals surface area (Å²) in [5, 5.41) is 0. The molecule has 0 amide bonds. The van der Waals surface area contributed by atoms with Gasteiger partial charge in [-0.2, -0.15) is 0 Å². The van der Waals surface area contributed by atoms with Crippen molar-refractivity contribution in [1.82, 2.24) is 0 Å². The van der Waals surface area contributed by atoms with E-state index in [2.05, 4.69) is 159 Å². The van der Waals surface area contributed by atoms with Gasteiger partial charge in [-0.1, -0.05) is 174 Å². The molecule has 0 N–H and O–H groups in total. The monoisotopic (exact) mass is 611 g/mol. The number of fused-ring (bicyclic) bond motifs is 13. The lowest BCUT2D eigenvalue weighted by atomic mass is 9.70. The average molecular weight is 612 g/mol. The maximum Gasteiger partial charge on any atom is 0.0725 e. The Morgan fingerprint density at radius 1 is 0.596 bits per heavy atom. The van der Waals surface area contributed by atoms with Gasteiger partial charge in [0, 0.05) is 18.7 Å². The minimum Gasteiger partial charge on any atom is -0.367 e. The Bertz CT molecular complexity index is 1930. The fourth-order valence-electron chi connectivity index (χ4n) is 8.03. The van der Waals surface area contributed by atoms with Crippen LogP contribution in [0.4, 0.5) is 5.69 Å². The first kappa shape index (κ1) is 31.8. The Labute approximate surface area is 281 Å². The summed E-state index contributed by atoms with van der Waals surface area (Å²) < 4.78 is 0. The number of anilines is 1. The molecule has 9 rings (SSSR count). The largest absolute Gasteiger partial charge is 0.367 e. The number of nitrogens with zero attached hydrogens (tertiary/aromatic N) is 1. The second kappa shape index (κ2) is 13.3. The van der Waals surface area contributed by atoms with E-state index in [0.717, 1.165) is 0 Å². The predicted octanol–water partition coefficient (Wildman–Crippen LogP) is 12.0. The van der Waals surface area contributed by atoms with Crippen LogP contribution in [0.1, 0.15) is 67.0 Å². The van der Waals surface area contributed by atoms with Crippen LogP contribution in [0.2, 0.25) is 0 Å².